The fraction of sp³-hybridized carbons (Fsp3) is 0.765. The third kappa shape index (κ3) is 5.13. The van der Waals surface area contributed by atoms with Crippen LogP contribution in [0.3, 0.4) is 0 Å². The molecule has 4 heteroatoms. The lowest BCUT2D eigenvalue weighted by Gasteiger charge is -2.42. The van der Waals surface area contributed by atoms with Crippen LogP contribution in [0.25, 0.3) is 0 Å². The van der Waals surface area contributed by atoms with Crippen LogP contribution in [0.4, 0.5) is 0 Å². The molecule has 1 saturated heterocycles. The lowest BCUT2D eigenvalue weighted by atomic mass is 10.1. The largest absolute Gasteiger partial charge is 0.463 e. The van der Waals surface area contributed by atoms with E-state index in [2.05, 4.69) is 54.9 Å². The van der Waals surface area contributed by atoms with Crippen molar-refractivity contribution < 1.29 is 4.42 Å². The van der Waals surface area contributed by atoms with E-state index in [1.807, 2.05) is 0 Å². The van der Waals surface area contributed by atoms with E-state index in [1.54, 1.807) is 0 Å². The van der Waals surface area contributed by atoms with Gasteiger partial charge in [0.25, 0.3) is 0 Å². The van der Waals surface area contributed by atoms with Gasteiger partial charge in [0.2, 0.25) is 0 Å². The van der Waals surface area contributed by atoms with Gasteiger partial charge in [-0.2, -0.15) is 0 Å². The molecule has 0 bridgehead atoms. The van der Waals surface area contributed by atoms with E-state index < -0.39 is 0 Å². The van der Waals surface area contributed by atoms with E-state index in [9.17, 15) is 0 Å². The minimum Gasteiger partial charge on any atom is -0.463 e. The molecule has 1 aromatic heterocycles. The van der Waals surface area contributed by atoms with Gasteiger partial charge in [-0.3, -0.25) is 9.80 Å². The molecular weight excluding hydrogens is 262 g/mol. The van der Waals surface area contributed by atoms with Crippen LogP contribution in [0.5, 0.6) is 0 Å². The van der Waals surface area contributed by atoms with Gasteiger partial charge in [0.15, 0.2) is 0 Å². The molecule has 0 aliphatic carbocycles. The molecule has 0 atom stereocenters. The highest BCUT2D eigenvalue weighted by atomic mass is 16.3. The van der Waals surface area contributed by atoms with Crippen molar-refractivity contribution >= 4 is 0 Å². The van der Waals surface area contributed by atoms with Gasteiger partial charge in [-0.05, 0) is 45.9 Å². The van der Waals surface area contributed by atoms with Crippen LogP contribution >= 0.6 is 0 Å². The van der Waals surface area contributed by atoms with Gasteiger partial charge in [-0.1, -0.05) is 6.92 Å². The topological polar surface area (TPSA) is 31.6 Å². The van der Waals surface area contributed by atoms with E-state index in [4.69, 9.17) is 4.42 Å². The van der Waals surface area contributed by atoms with E-state index in [0.717, 1.165) is 63.8 Å². The summed E-state index contributed by atoms with van der Waals surface area (Å²) in [5.74, 6) is 2.14. The number of piperazine rings is 1. The minimum absolute atomic E-state index is 0.287. The Morgan fingerprint density at radius 1 is 1.10 bits per heavy atom. The molecule has 4 nitrogen and oxygen atoms in total. The molecule has 2 heterocycles. The molecule has 1 fully saturated rings. The summed E-state index contributed by atoms with van der Waals surface area (Å²) in [6.07, 6.45) is 1.16. The summed E-state index contributed by atoms with van der Waals surface area (Å²) in [5, 5.41) is 3.38. The number of furan rings is 1. The van der Waals surface area contributed by atoms with Crippen molar-refractivity contribution in [3.63, 3.8) is 0 Å². The Bertz CT molecular complexity index is 414. The van der Waals surface area contributed by atoms with Crippen LogP contribution < -0.4 is 5.32 Å². The molecule has 1 aliphatic heterocycles. The quantitative estimate of drug-likeness (QED) is 0.817. The van der Waals surface area contributed by atoms with Crippen molar-refractivity contribution in [1.82, 2.24) is 15.1 Å². The molecule has 1 aliphatic rings. The molecule has 0 saturated carbocycles. The first-order valence-corrected chi connectivity index (χ1v) is 8.24. The molecule has 0 spiro atoms. The summed E-state index contributed by atoms with van der Waals surface area (Å²) in [5.41, 5.74) is 0.287. The van der Waals surface area contributed by atoms with Gasteiger partial charge >= 0.3 is 0 Å². The standard InChI is InChI=1S/C17H31N3O/c1-5-8-18-13-15-6-7-16(21-15)14-19-9-11-20(12-10-19)17(2,3)4/h6-7,18H,5,8-14H2,1-4H3. The molecule has 1 aromatic rings. The third-order valence-corrected chi connectivity index (χ3v) is 4.14. The van der Waals surface area contributed by atoms with Crippen molar-refractivity contribution in [2.75, 3.05) is 32.7 Å². The lowest BCUT2D eigenvalue weighted by molar-refractivity contribution is 0.0561. The normalized spacial score (nSPS) is 18.3. The maximum absolute atomic E-state index is 5.91. The first-order valence-electron chi connectivity index (χ1n) is 8.24. The maximum atomic E-state index is 5.91. The second-order valence-electron chi connectivity index (χ2n) is 6.98. The molecule has 21 heavy (non-hydrogen) atoms. The zero-order valence-electron chi connectivity index (χ0n) is 14.1. The molecule has 0 amide bonds. The zero-order valence-corrected chi connectivity index (χ0v) is 14.1. The SMILES string of the molecule is CCCNCc1ccc(CN2CCN(C(C)(C)C)CC2)o1. The predicted molar refractivity (Wildman–Crippen MR) is 87.3 cm³/mol. The van der Waals surface area contributed by atoms with E-state index in [1.165, 1.54) is 0 Å². The summed E-state index contributed by atoms with van der Waals surface area (Å²) < 4.78 is 5.91. The Kier molecular flexibility index (Phi) is 5.85. The first-order chi connectivity index (χ1) is 9.99. The fourth-order valence-corrected chi connectivity index (χ4v) is 2.79. The first kappa shape index (κ1) is 16.5. The molecule has 120 valence electrons. The highest BCUT2D eigenvalue weighted by Crippen LogP contribution is 2.17. The summed E-state index contributed by atoms with van der Waals surface area (Å²) >= 11 is 0. The Morgan fingerprint density at radius 3 is 2.38 bits per heavy atom. The minimum atomic E-state index is 0.287. The number of hydrogen-bond donors (Lipinski definition) is 1. The number of rotatable bonds is 6. The third-order valence-electron chi connectivity index (χ3n) is 4.14. The van der Waals surface area contributed by atoms with Crippen LogP contribution in [0.1, 0.15) is 45.6 Å². The molecule has 0 aromatic carbocycles. The maximum Gasteiger partial charge on any atom is 0.118 e. The highest BCUT2D eigenvalue weighted by molar-refractivity contribution is 5.07. The van der Waals surface area contributed by atoms with E-state index >= 15 is 0 Å². The van der Waals surface area contributed by atoms with Crippen LogP contribution in [0.15, 0.2) is 16.5 Å². The second kappa shape index (κ2) is 7.43. The van der Waals surface area contributed by atoms with Crippen LogP contribution in [0, 0.1) is 0 Å². The Hall–Kier alpha value is -0.840. The van der Waals surface area contributed by atoms with Crippen molar-refractivity contribution in [1.29, 1.82) is 0 Å². The highest BCUT2D eigenvalue weighted by Gasteiger charge is 2.25. The zero-order chi connectivity index (χ0) is 15.3. The van der Waals surface area contributed by atoms with Gasteiger partial charge in [-0.25, -0.2) is 0 Å². The van der Waals surface area contributed by atoms with Crippen molar-refractivity contribution in [3.05, 3.63) is 23.7 Å². The van der Waals surface area contributed by atoms with Crippen molar-refractivity contribution in [2.45, 2.75) is 52.7 Å². The summed E-state index contributed by atoms with van der Waals surface area (Å²) in [7, 11) is 0. The van der Waals surface area contributed by atoms with E-state index in [-0.39, 0.29) is 5.54 Å². The van der Waals surface area contributed by atoms with Gasteiger partial charge in [0.05, 0.1) is 13.1 Å². The average Bonchev–Trinajstić information content (AvgIpc) is 2.86. The van der Waals surface area contributed by atoms with Crippen LogP contribution in [-0.4, -0.2) is 48.1 Å². The van der Waals surface area contributed by atoms with Gasteiger partial charge in [-0.15, -0.1) is 0 Å². The molecule has 2 rings (SSSR count). The molecule has 1 N–H and O–H groups in total. The monoisotopic (exact) mass is 293 g/mol. The molecule has 0 radical (unpaired) electrons. The fourth-order valence-electron chi connectivity index (χ4n) is 2.79. The smallest absolute Gasteiger partial charge is 0.118 e. The summed E-state index contributed by atoms with van der Waals surface area (Å²) in [6.45, 7) is 16.4. The van der Waals surface area contributed by atoms with Gasteiger partial charge in [0.1, 0.15) is 11.5 Å². The lowest BCUT2D eigenvalue weighted by Crippen LogP contribution is -2.53. The Morgan fingerprint density at radius 2 is 1.76 bits per heavy atom. The number of nitrogens with zero attached hydrogens (tertiary/aromatic N) is 2. The molecule has 0 unspecified atom stereocenters. The second-order valence-corrected chi connectivity index (χ2v) is 6.98. The Labute approximate surface area is 129 Å². The Balaban J connectivity index is 1.76. The number of nitrogens with one attached hydrogen (secondary N) is 1. The van der Waals surface area contributed by atoms with Crippen molar-refractivity contribution in [2.24, 2.45) is 0 Å². The number of hydrogen-bond acceptors (Lipinski definition) is 4. The predicted octanol–water partition coefficient (Wildman–Crippen LogP) is 2.70. The van der Waals surface area contributed by atoms with E-state index in [0.29, 0.717) is 0 Å². The van der Waals surface area contributed by atoms with Gasteiger partial charge in [0, 0.05) is 31.7 Å². The van der Waals surface area contributed by atoms with Crippen LogP contribution in [-0.2, 0) is 13.1 Å². The molecular formula is C17H31N3O. The average molecular weight is 293 g/mol. The van der Waals surface area contributed by atoms with Crippen molar-refractivity contribution in [3.8, 4) is 0 Å². The summed E-state index contributed by atoms with van der Waals surface area (Å²) in [6, 6.07) is 4.22. The van der Waals surface area contributed by atoms with Crippen LogP contribution in [0.2, 0.25) is 0 Å². The van der Waals surface area contributed by atoms with Gasteiger partial charge < -0.3 is 9.73 Å². The summed E-state index contributed by atoms with van der Waals surface area (Å²) in [4.78, 5) is 5.05.